The minimum atomic E-state index is -1.01. The summed E-state index contributed by atoms with van der Waals surface area (Å²) in [5.41, 5.74) is 7.17. The van der Waals surface area contributed by atoms with E-state index < -0.39 is 11.8 Å². The molecule has 11 nitrogen and oxygen atoms in total. The first-order valence-corrected chi connectivity index (χ1v) is 14.4. The summed E-state index contributed by atoms with van der Waals surface area (Å²) >= 11 is 1.42. The number of nitrogens with two attached hydrogens (primary N) is 1. The number of nitrogens with zero attached hydrogens (tertiary/aromatic N) is 6. The number of nitrogens with one attached hydrogen (secondary N) is 1. The lowest BCUT2D eigenvalue weighted by Gasteiger charge is -2.34. The zero-order valence-corrected chi connectivity index (χ0v) is 25.5. The van der Waals surface area contributed by atoms with Crippen LogP contribution in [0.25, 0.3) is 0 Å². The Bertz CT molecular complexity index is 1320. The number of thiophene rings is 1. The van der Waals surface area contributed by atoms with E-state index >= 15 is 0 Å². The van der Waals surface area contributed by atoms with Gasteiger partial charge < -0.3 is 30.3 Å². The molecule has 1 aliphatic carbocycles. The summed E-state index contributed by atoms with van der Waals surface area (Å²) in [6.07, 6.45) is 19.4. The monoisotopic (exact) mass is 592 g/mol. The minimum Gasteiger partial charge on any atom is -0.444 e. The summed E-state index contributed by atoms with van der Waals surface area (Å²) in [5.74, 6) is 0.205. The molecule has 2 aliphatic rings. The number of carbonyl (C=O) groups excluding carboxylic acids is 1. The number of ether oxygens (including phenoxy) is 1. The summed E-state index contributed by atoms with van der Waals surface area (Å²) < 4.78 is 5.52. The van der Waals surface area contributed by atoms with E-state index in [1.54, 1.807) is 24.2 Å². The number of aliphatic hydroxyl groups excluding tert-OH is 1. The molecule has 2 unspecified atom stereocenters. The predicted octanol–water partition coefficient (Wildman–Crippen LogP) is 3.63. The third-order valence-electron chi connectivity index (χ3n) is 6.88. The number of hydrogen-bond acceptors (Lipinski definition) is 10. The van der Waals surface area contributed by atoms with Crippen molar-refractivity contribution in [2.24, 2.45) is 0 Å². The molecule has 1 aliphatic heterocycles. The van der Waals surface area contributed by atoms with E-state index in [1.807, 2.05) is 25.7 Å². The van der Waals surface area contributed by atoms with Gasteiger partial charge in [0.25, 0.3) is 0 Å². The number of carbonyl (C=O) groups is 1. The summed E-state index contributed by atoms with van der Waals surface area (Å²) in [6, 6.07) is 3.85. The smallest absolute Gasteiger partial charge is 0.410 e. The number of hydrogen-bond donors (Lipinski definition) is 3. The van der Waals surface area contributed by atoms with E-state index in [0.29, 0.717) is 54.8 Å². The summed E-state index contributed by atoms with van der Waals surface area (Å²) in [4.78, 5) is 27.8. The Kier molecular flexibility index (Phi) is 12.2. The summed E-state index contributed by atoms with van der Waals surface area (Å²) in [5, 5.41) is 30.2. The van der Waals surface area contributed by atoms with Crippen molar-refractivity contribution in [1.29, 1.82) is 10.7 Å². The van der Waals surface area contributed by atoms with Gasteiger partial charge in [-0.15, -0.1) is 37.0 Å². The highest BCUT2D eigenvalue weighted by Gasteiger charge is 2.35. The number of likely N-dealkylation sites (N-methyl/N-ethyl adjacent to an activating group) is 1. The van der Waals surface area contributed by atoms with Gasteiger partial charge in [0.05, 0.1) is 5.56 Å². The Labute approximate surface area is 252 Å². The quantitative estimate of drug-likeness (QED) is 0.209. The number of amidine groups is 1. The molecule has 2 aromatic rings. The number of aromatic nitrogens is 2. The molecule has 4 N–H and O–H groups in total. The van der Waals surface area contributed by atoms with E-state index in [-0.39, 0.29) is 17.8 Å². The molecule has 12 heteroatoms. The van der Waals surface area contributed by atoms with Crippen molar-refractivity contribution < 1.29 is 14.6 Å². The van der Waals surface area contributed by atoms with Gasteiger partial charge in [-0.2, -0.15) is 5.26 Å². The molecule has 1 saturated heterocycles. The van der Waals surface area contributed by atoms with Crippen LogP contribution in [0.5, 0.6) is 0 Å². The SMILES string of the molecule is C#C.C#C.CN(C(=N)c1ccnc(N2CCCN(C(=O)OC(C)(C)C)CC2)n1)C(O)C1CCCc2sc(N)c(C#N)c21. The normalized spacial score (nSPS) is 17.0. The Morgan fingerprint density at radius 3 is 2.60 bits per heavy atom. The van der Waals surface area contributed by atoms with Gasteiger partial charge in [0.1, 0.15) is 34.4 Å². The van der Waals surface area contributed by atoms with Crippen LogP contribution < -0.4 is 10.6 Å². The van der Waals surface area contributed by atoms with Crippen LogP contribution in [0, 0.1) is 42.4 Å². The number of amides is 1. The number of nitrogen functional groups attached to an aromatic ring is 1. The number of anilines is 2. The lowest BCUT2D eigenvalue weighted by molar-refractivity contribution is 0.0263. The summed E-state index contributed by atoms with van der Waals surface area (Å²) in [7, 11) is 1.66. The fourth-order valence-electron chi connectivity index (χ4n) is 4.97. The zero-order chi connectivity index (χ0) is 31.6. The largest absolute Gasteiger partial charge is 0.444 e. The van der Waals surface area contributed by atoms with Crippen LogP contribution in [0.15, 0.2) is 12.3 Å². The molecule has 0 bridgehead atoms. The topological polar surface area (TPSA) is 156 Å². The first-order valence-electron chi connectivity index (χ1n) is 13.5. The van der Waals surface area contributed by atoms with Gasteiger partial charge >= 0.3 is 6.09 Å². The Morgan fingerprint density at radius 1 is 1.26 bits per heavy atom. The number of aryl methyl sites for hydroxylation is 1. The van der Waals surface area contributed by atoms with E-state index in [4.69, 9.17) is 15.9 Å². The molecule has 1 fully saturated rings. The molecule has 42 heavy (non-hydrogen) atoms. The zero-order valence-electron chi connectivity index (χ0n) is 24.7. The third-order valence-corrected chi connectivity index (χ3v) is 7.97. The average molecular weight is 593 g/mol. The summed E-state index contributed by atoms with van der Waals surface area (Å²) in [6.45, 7) is 7.81. The van der Waals surface area contributed by atoms with Gasteiger partial charge in [-0.25, -0.2) is 14.8 Å². The van der Waals surface area contributed by atoms with Crippen molar-refractivity contribution in [1.82, 2.24) is 19.8 Å². The standard InChI is InChI=1S/C26H36N8O3S.2C2H2/c1-26(2,3)37-25(36)34-12-6-11-33(13-14-34)24-30-10-9-18(31-24)21(28)32(4)23(35)16-7-5-8-19-20(16)17(15-27)22(29)38-19;2*1-2/h9-10,16,23,28,35H,5-8,11-14,29H2,1-4H3;2*1-2H. The molecule has 224 valence electrons. The lowest BCUT2D eigenvalue weighted by Crippen LogP contribution is -2.42. The van der Waals surface area contributed by atoms with Crippen LogP contribution in [0.3, 0.4) is 0 Å². The molecule has 2 aromatic heterocycles. The first kappa shape index (κ1) is 33.9. The molecule has 0 aromatic carbocycles. The van der Waals surface area contributed by atoms with Crippen molar-refractivity contribution in [3.63, 3.8) is 0 Å². The molecule has 0 saturated carbocycles. The lowest BCUT2D eigenvalue weighted by atomic mass is 9.83. The molecule has 2 atom stereocenters. The van der Waals surface area contributed by atoms with Gasteiger partial charge in [-0.05, 0) is 58.1 Å². The molecule has 0 radical (unpaired) electrons. The van der Waals surface area contributed by atoms with Crippen molar-refractivity contribution in [3.8, 4) is 31.8 Å². The highest BCUT2D eigenvalue weighted by atomic mass is 32.1. The third kappa shape index (κ3) is 7.91. The first-order chi connectivity index (χ1) is 20.0. The van der Waals surface area contributed by atoms with Crippen LogP contribution in [0.1, 0.15) is 67.6 Å². The fourth-order valence-corrected chi connectivity index (χ4v) is 6.10. The second-order valence-corrected chi connectivity index (χ2v) is 11.8. The average Bonchev–Trinajstić information content (AvgIpc) is 3.13. The molecule has 4 rings (SSSR count). The number of fused-ring (bicyclic) bond motifs is 1. The number of aliphatic hydroxyl groups is 1. The Morgan fingerprint density at radius 2 is 1.95 bits per heavy atom. The Hall–Kier alpha value is -4.31. The van der Waals surface area contributed by atoms with Gasteiger partial charge in [0.15, 0.2) is 0 Å². The maximum absolute atomic E-state index is 12.5. The number of rotatable bonds is 4. The highest BCUT2D eigenvalue weighted by Crippen LogP contribution is 2.43. The van der Waals surface area contributed by atoms with Crippen LogP contribution in [0.2, 0.25) is 0 Å². The van der Waals surface area contributed by atoms with Crippen LogP contribution in [-0.4, -0.2) is 81.9 Å². The second kappa shape index (κ2) is 15.1. The molecule has 1 amide bonds. The van der Waals surface area contributed by atoms with Crippen molar-refractivity contribution >= 4 is 34.2 Å². The van der Waals surface area contributed by atoms with Crippen molar-refractivity contribution in [2.75, 3.05) is 43.9 Å². The number of terminal acetylenes is 2. The van der Waals surface area contributed by atoms with Crippen LogP contribution in [0.4, 0.5) is 15.7 Å². The second-order valence-electron chi connectivity index (χ2n) is 10.7. The van der Waals surface area contributed by atoms with E-state index in [0.717, 1.165) is 29.7 Å². The molecule has 0 spiro atoms. The number of nitriles is 1. The van der Waals surface area contributed by atoms with E-state index in [9.17, 15) is 15.2 Å². The van der Waals surface area contributed by atoms with Gasteiger partial charge in [-0.1, -0.05) is 0 Å². The van der Waals surface area contributed by atoms with Gasteiger partial charge in [-0.3, -0.25) is 5.41 Å². The maximum atomic E-state index is 12.5. The van der Waals surface area contributed by atoms with Crippen LogP contribution >= 0.6 is 11.3 Å². The highest BCUT2D eigenvalue weighted by molar-refractivity contribution is 7.16. The minimum absolute atomic E-state index is 0.0557. The molecule has 3 heterocycles. The van der Waals surface area contributed by atoms with E-state index in [1.165, 1.54) is 16.2 Å². The maximum Gasteiger partial charge on any atom is 0.410 e. The fraction of sp³-hybridized carbons (Fsp3) is 0.500. The predicted molar refractivity (Wildman–Crippen MR) is 166 cm³/mol. The molecular weight excluding hydrogens is 552 g/mol. The van der Waals surface area contributed by atoms with Crippen molar-refractivity contribution in [3.05, 3.63) is 34.0 Å². The van der Waals surface area contributed by atoms with Crippen molar-refractivity contribution in [2.45, 2.75) is 64.2 Å². The van der Waals surface area contributed by atoms with Gasteiger partial charge in [0.2, 0.25) is 5.95 Å². The van der Waals surface area contributed by atoms with E-state index in [2.05, 4.69) is 41.7 Å². The van der Waals surface area contributed by atoms with Crippen LogP contribution in [-0.2, 0) is 11.2 Å². The Balaban J connectivity index is 0.00000148. The molecular formula is C30H40N8O3S. The van der Waals surface area contributed by atoms with Gasteiger partial charge in [0, 0.05) is 50.2 Å².